The van der Waals surface area contributed by atoms with Crippen LogP contribution in [0.15, 0.2) is 169 Å². The van der Waals surface area contributed by atoms with E-state index in [0.29, 0.717) is 0 Å². The Morgan fingerprint density at radius 3 is 2.20 bits per heavy atom. The Bertz CT molecular complexity index is 3380. The first-order chi connectivity index (χ1) is 27.8. The molecule has 262 valence electrons. The van der Waals surface area contributed by atoms with Gasteiger partial charge in [0.15, 0.2) is 0 Å². The molecule has 56 heavy (non-hydrogen) atoms. The van der Waals surface area contributed by atoms with Crippen LogP contribution in [0.3, 0.4) is 0 Å². The average molecular weight is 715 g/mol. The van der Waals surface area contributed by atoms with Crippen LogP contribution < -0.4 is 5.32 Å². The summed E-state index contributed by atoms with van der Waals surface area (Å²) in [4.78, 5) is 5.42. The Balaban J connectivity index is 1.19. The highest BCUT2D eigenvalue weighted by molar-refractivity contribution is 6.26. The topological polar surface area (TPSA) is 34.2 Å². The van der Waals surface area contributed by atoms with Crippen LogP contribution in [0.1, 0.15) is 29.3 Å². The zero-order valence-electron chi connectivity index (χ0n) is 30.5. The number of para-hydroxylation sites is 2. The van der Waals surface area contributed by atoms with Crippen LogP contribution in [0, 0.1) is 0 Å². The van der Waals surface area contributed by atoms with Crippen molar-refractivity contribution in [3.63, 3.8) is 0 Å². The fourth-order valence-electron chi connectivity index (χ4n) is 10.0. The minimum atomic E-state index is -0.109. The molecule has 8 aromatic carbocycles. The Morgan fingerprint density at radius 1 is 0.571 bits per heavy atom. The number of hydrogen-bond acceptors (Lipinski definition) is 2. The molecule has 1 unspecified atom stereocenters. The number of aryl methyl sites for hydroxylation is 1. The number of benzene rings is 8. The molecule has 1 aliphatic carbocycles. The van der Waals surface area contributed by atoms with Crippen molar-refractivity contribution in [2.75, 3.05) is 5.32 Å². The molecule has 3 aliphatic rings. The number of fused-ring (bicyclic) bond motifs is 13. The van der Waals surface area contributed by atoms with Gasteiger partial charge in [0, 0.05) is 32.8 Å². The maximum atomic E-state index is 5.42. The molecule has 4 heterocycles. The summed E-state index contributed by atoms with van der Waals surface area (Å²) in [5, 5.41) is 11.6. The molecule has 0 fully saturated rings. The third-order valence-electron chi connectivity index (χ3n) is 12.5. The number of anilines is 1. The summed E-state index contributed by atoms with van der Waals surface area (Å²) in [6.45, 7) is 0. The van der Waals surface area contributed by atoms with E-state index in [0.717, 1.165) is 35.6 Å². The van der Waals surface area contributed by atoms with Crippen LogP contribution in [0.5, 0.6) is 0 Å². The van der Waals surface area contributed by atoms with Gasteiger partial charge in [-0.3, -0.25) is 0 Å². The first kappa shape index (κ1) is 30.2. The molecular weight excluding hydrogens is 681 g/mol. The minimum absolute atomic E-state index is 0.109. The van der Waals surface area contributed by atoms with Gasteiger partial charge in [-0.1, -0.05) is 121 Å². The molecule has 0 amide bonds. The quantitative estimate of drug-likeness (QED) is 0.194. The minimum Gasteiger partial charge on any atom is -0.358 e. The SMILES string of the molecule is C1=Cc2c(-c3ccccc3)cc3c(c2CC1)c1ccc(-c2ccccc2)cc1n3-c1cc2c3c(c1)c1cc4ccccc4cc1n3C1Nc3ccccc3N=C21. The smallest absolute Gasteiger partial charge is 0.148 e. The monoisotopic (exact) mass is 714 g/mol. The number of rotatable bonds is 3. The van der Waals surface area contributed by atoms with Crippen LogP contribution >= 0.6 is 0 Å². The van der Waals surface area contributed by atoms with Crippen molar-refractivity contribution in [2.24, 2.45) is 4.99 Å². The van der Waals surface area contributed by atoms with Crippen LogP contribution in [-0.4, -0.2) is 14.8 Å². The summed E-state index contributed by atoms with van der Waals surface area (Å²) in [5.41, 5.74) is 18.1. The summed E-state index contributed by atoms with van der Waals surface area (Å²) < 4.78 is 5.06. The van der Waals surface area contributed by atoms with Crippen molar-refractivity contribution >= 4 is 77.5 Å². The van der Waals surface area contributed by atoms with E-state index in [4.69, 9.17) is 4.99 Å². The normalized spacial score (nSPS) is 15.4. The van der Waals surface area contributed by atoms with E-state index >= 15 is 0 Å². The Kier molecular flexibility index (Phi) is 6.03. The van der Waals surface area contributed by atoms with Gasteiger partial charge in [0.05, 0.1) is 39.2 Å². The van der Waals surface area contributed by atoms with Crippen molar-refractivity contribution in [1.29, 1.82) is 0 Å². The summed E-state index contributed by atoms with van der Waals surface area (Å²) in [5.74, 6) is 0. The van der Waals surface area contributed by atoms with Gasteiger partial charge < -0.3 is 14.5 Å². The van der Waals surface area contributed by atoms with Crippen LogP contribution in [0.25, 0.3) is 88.4 Å². The van der Waals surface area contributed by atoms with Crippen molar-refractivity contribution < 1.29 is 0 Å². The summed E-state index contributed by atoms with van der Waals surface area (Å²) >= 11 is 0. The molecule has 1 atom stereocenters. The first-order valence-corrected chi connectivity index (χ1v) is 19.6. The van der Waals surface area contributed by atoms with E-state index < -0.39 is 0 Å². The maximum absolute atomic E-state index is 5.42. The first-order valence-electron chi connectivity index (χ1n) is 19.6. The lowest BCUT2D eigenvalue weighted by atomic mass is 9.86. The fourth-order valence-corrected chi connectivity index (χ4v) is 10.0. The standard InChI is InChI=1S/C52H34N4/c1-3-13-31(14-4-1)35-23-24-39-46(27-35)55(48-30-40(32-15-5-2-6-16-32)37-19-9-10-20-38(37)49(39)48)36-28-42-41-25-33-17-7-8-18-34(33)26-47(41)56-51(42)43(29-36)50-52(56)54-45-22-12-11-21-44(45)53-50/h1-9,11-19,21-30,52,54H,10,20H2. The Morgan fingerprint density at radius 2 is 1.34 bits per heavy atom. The third kappa shape index (κ3) is 4.10. The molecule has 0 bridgehead atoms. The van der Waals surface area contributed by atoms with Gasteiger partial charge in [-0.15, -0.1) is 0 Å². The lowest BCUT2D eigenvalue weighted by Gasteiger charge is -2.25. The van der Waals surface area contributed by atoms with Gasteiger partial charge in [0.2, 0.25) is 0 Å². The van der Waals surface area contributed by atoms with Crippen molar-refractivity contribution in [3.8, 4) is 27.9 Å². The maximum Gasteiger partial charge on any atom is 0.148 e. The van der Waals surface area contributed by atoms with Gasteiger partial charge in [0.1, 0.15) is 6.17 Å². The van der Waals surface area contributed by atoms with Crippen LogP contribution in [0.2, 0.25) is 0 Å². The molecule has 0 spiro atoms. The molecule has 1 N–H and O–H groups in total. The highest BCUT2D eigenvalue weighted by Crippen LogP contribution is 2.49. The van der Waals surface area contributed by atoms with E-state index in [1.807, 2.05) is 0 Å². The molecule has 2 aliphatic heterocycles. The van der Waals surface area contributed by atoms with E-state index in [1.165, 1.54) is 93.3 Å². The molecule has 4 nitrogen and oxygen atoms in total. The number of nitrogens with one attached hydrogen (secondary N) is 1. The van der Waals surface area contributed by atoms with E-state index in [-0.39, 0.29) is 6.17 Å². The Hall–Kier alpha value is -7.17. The van der Waals surface area contributed by atoms with Crippen LogP contribution in [-0.2, 0) is 6.42 Å². The highest BCUT2D eigenvalue weighted by atomic mass is 15.2. The second-order valence-electron chi connectivity index (χ2n) is 15.5. The molecule has 0 radical (unpaired) electrons. The molecule has 0 saturated carbocycles. The Labute approximate surface area is 323 Å². The van der Waals surface area contributed by atoms with Crippen molar-refractivity contribution in [3.05, 3.63) is 180 Å². The van der Waals surface area contributed by atoms with Gasteiger partial charge in [-0.05, 0) is 106 Å². The lowest BCUT2D eigenvalue weighted by Crippen LogP contribution is -2.25. The summed E-state index contributed by atoms with van der Waals surface area (Å²) in [7, 11) is 0. The molecule has 2 aromatic heterocycles. The van der Waals surface area contributed by atoms with Gasteiger partial charge in [0.25, 0.3) is 0 Å². The molecule has 0 saturated heterocycles. The van der Waals surface area contributed by atoms with E-state index in [1.54, 1.807) is 0 Å². The highest BCUT2D eigenvalue weighted by Gasteiger charge is 2.37. The largest absolute Gasteiger partial charge is 0.358 e. The molecule has 13 rings (SSSR count). The average Bonchev–Trinajstić information content (AvgIpc) is 3.88. The van der Waals surface area contributed by atoms with Gasteiger partial charge in [-0.25, -0.2) is 4.99 Å². The number of aliphatic imine (C=N–C) groups is 1. The molecular formula is C52H34N4. The van der Waals surface area contributed by atoms with Crippen LogP contribution in [0.4, 0.5) is 11.4 Å². The van der Waals surface area contributed by atoms with Crippen molar-refractivity contribution in [1.82, 2.24) is 9.13 Å². The predicted molar refractivity (Wildman–Crippen MR) is 235 cm³/mol. The second kappa shape index (κ2) is 11.2. The van der Waals surface area contributed by atoms with E-state index in [9.17, 15) is 0 Å². The lowest BCUT2D eigenvalue weighted by molar-refractivity contribution is 0.779. The fraction of sp³-hybridized carbons (Fsp3) is 0.0577. The second-order valence-corrected chi connectivity index (χ2v) is 15.5. The predicted octanol–water partition coefficient (Wildman–Crippen LogP) is 13.4. The number of nitrogens with zero attached hydrogens (tertiary/aromatic N) is 3. The van der Waals surface area contributed by atoms with Crippen molar-refractivity contribution in [2.45, 2.75) is 19.0 Å². The number of hydrogen-bond donors (Lipinski definition) is 1. The zero-order chi connectivity index (χ0) is 36.5. The number of allylic oxidation sites excluding steroid dienone is 1. The zero-order valence-corrected chi connectivity index (χ0v) is 30.5. The van der Waals surface area contributed by atoms with E-state index in [2.05, 4.69) is 184 Å². The molecule has 10 aromatic rings. The number of aromatic nitrogens is 2. The summed E-state index contributed by atoms with van der Waals surface area (Å²) in [6.07, 6.45) is 6.64. The molecule has 4 heteroatoms. The van der Waals surface area contributed by atoms with Gasteiger partial charge in [-0.2, -0.15) is 0 Å². The van der Waals surface area contributed by atoms with Gasteiger partial charge >= 0.3 is 0 Å². The third-order valence-corrected chi connectivity index (χ3v) is 12.5. The summed E-state index contributed by atoms with van der Waals surface area (Å²) in [6, 6.07) is 58.1.